The Morgan fingerprint density at radius 3 is 1.53 bits per heavy atom. The molecule has 0 aromatic heterocycles. The summed E-state index contributed by atoms with van der Waals surface area (Å²) in [7, 11) is 0. The van der Waals surface area contributed by atoms with Gasteiger partial charge < -0.3 is 0 Å². The van der Waals surface area contributed by atoms with Gasteiger partial charge in [-0.15, -0.1) is 0 Å². The Morgan fingerprint density at radius 2 is 0.967 bits per heavy atom. The fourth-order valence-electron chi connectivity index (χ4n) is 4.05. The van der Waals surface area contributed by atoms with Crippen molar-refractivity contribution in [3.05, 3.63) is 120 Å². The molecule has 0 saturated heterocycles. The van der Waals surface area contributed by atoms with E-state index in [4.69, 9.17) is 5.10 Å². The number of hydrogen-bond donors (Lipinski definition) is 0. The molecule has 2 nitrogen and oxygen atoms in total. The molecule has 0 aliphatic heterocycles. The van der Waals surface area contributed by atoms with Crippen molar-refractivity contribution in [2.45, 2.75) is 6.92 Å². The van der Waals surface area contributed by atoms with Crippen molar-refractivity contribution < 1.29 is 0 Å². The third kappa shape index (κ3) is 3.23. The van der Waals surface area contributed by atoms with Gasteiger partial charge in [0.2, 0.25) is 0 Å². The summed E-state index contributed by atoms with van der Waals surface area (Å²) in [5.41, 5.74) is 4.46. The fraction of sp³-hybridized carbons (Fsp3) is 0.0357. The predicted octanol–water partition coefficient (Wildman–Crippen LogP) is 7.47. The molecule has 0 bridgehead atoms. The summed E-state index contributed by atoms with van der Waals surface area (Å²) < 4.78 is 0. The lowest BCUT2D eigenvalue weighted by atomic mass is 9.93. The molecule has 0 fully saturated rings. The second-order valence-electron chi connectivity index (χ2n) is 7.36. The predicted molar refractivity (Wildman–Crippen MR) is 129 cm³/mol. The highest BCUT2D eigenvalue weighted by atomic mass is 15.5. The van der Waals surface area contributed by atoms with E-state index < -0.39 is 0 Å². The van der Waals surface area contributed by atoms with Gasteiger partial charge in [0.25, 0.3) is 0 Å². The molecule has 5 aromatic carbocycles. The maximum absolute atomic E-state index is 4.96. The van der Waals surface area contributed by atoms with Gasteiger partial charge in [-0.05, 0) is 58.3 Å². The first-order valence-electron chi connectivity index (χ1n) is 10.2. The number of aryl methyl sites for hydroxylation is 1. The summed E-state index contributed by atoms with van der Waals surface area (Å²) in [6.45, 7) is 2.19. The van der Waals surface area contributed by atoms with E-state index in [-0.39, 0.29) is 0 Å². The molecule has 2 heteroatoms. The minimum Gasteiger partial charge on any atom is -0.234 e. The molecule has 144 valence electrons. The molecule has 0 amide bonds. The SMILES string of the molecule is Cc1c(C=NN(c2ccccc2)c2ccccc2)c2ccccc2c2ccccc12. The molecule has 5 rings (SSSR count). The van der Waals surface area contributed by atoms with Crippen LogP contribution < -0.4 is 5.01 Å². The first-order chi connectivity index (χ1) is 14.8. The number of nitrogens with zero attached hydrogens (tertiary/aromatic N) is 2. The van der Waals surface area contributed by atoms with Crippen LogP contribution in [0.25, 0.3) is 21.5 Å². The molecular formula is C28H22N2. The van der Waals surface area contributed by atoms with Crippen molar-refractivity contribution in [1.82, 2.24) is 0 Å². The minimum absolute atomic E-state index is 1.03. The van der Waals surface area contributed by atoms with Crippen LogP contribution in [0.5, 0.6) is 0 Å². The van der Waals surface area contributed by atoms with Crippen LogP contribution in [0.3, 0.4) is 0 Å². The van der Waals surface area contributed by atoms with Gasteiger partial charge in [-0.3, -0.25) is 0 Å². The zero-order valence-corrected chi connectivity index (χ0v) is 16.9. The van der Waals surface area contributed by atoms with Gasteiger partial charge >= 0.3 is 0 Å². The number of hydrogen-bond acceptors (Lipinski definition) is 2. The van der Waals surface area contributed by atoms with E-state index >= 15 is 0 Å². The van der Waals surface area contributed by atoms with Crippen molar-refractivity contribution in [2.75, 3.05) is 5.01 Å². The molecule has 0 atom stereocenters. The third-order valence-electron chi connectivity index (χ3n) is 5.55. The highest BCUT2D eigenvalue weighted by molar-refractivity contribution is 6.16. The van der Waals surface area contributed by atoms with Crippen LogP contribution in [-0.2, 0) is 0 Å². The summed E-state index contributed by atoms with van der Waals surface area (Å²) in [5, 5.41) is 12.0. The first-order valence-corrected chi connectivity index (χ1v) is 10.2. The van der Waals surface area contributed by atoms with E-state index in [2.05, 4.69) is 79.7 Å². The van der Waals surface area contributed by atoms with Gasteiger partial charge in [-0.2, -0.15) is 5.10 Å². The Labute approximate surface area is 176 Å². The summed E-state index contributed by atoms with van der Waals surface area (Å²) in [5.74, 6) is 0. The summed E-state index contributed by atoms with van der Waals surface area (Å²) in [6.07, 6.45) is 2.00. The van der Waals surface area contributed by atoms with E-state index in [1.165, 1.54) is 27.1 Å². The summed E-state index contributed by atoms with van der Waals surface area (Å²) in [6, 6.07) is 37.7. The van der Waals surface area contributed by atoms with Gasteiger partial charge in [0.15, 0.2) is 0 Å². The monoisotopic (exact) mass is 386 g/mol. The van der Waals surface area contributed by atoms with Crippen LogP contribution in [0, 0.1) is 6.92 Å². The zero-order valence-electron chi connectivity index (χ0n) is 16.9. The summed E-state index contributed by atoms with van der Waals surface area (Å²) in [4.78, 5) is 0. The normalized spacial score (nSPS) is 11.4. The van der Waals surface area contributed by atoms with Crippen molar-refractivity contribution >= 4 is 39.1 Å². The molecular weight excluding hydrogens is 364 g/mol. The molecule has 0 spiro atoms. The Balaban J connectivity index is 1.71. The lowest BCUT2D eigenvalue weighted by Crippen LogP contribution is -2.09. The van der Waals surface area contributed by atoms with E-state index in [1.54, 1.807) is 0 Å². The van der Waals surface area contributed by atoms with Gasteiger partial charge in [-0.1, -0.05) is 84.9 Å². The van der Waals surface area contributed by atoms with Crippen LogP contribution in [0.4, 0.5) is 11.4 Å². The average molecular weight is 386 g/mol. The topological polar surface area (TPSA) is 15.6 Å². The summed E-state index contributed by atoms with van der Waals surface area (Å²) >= 11 is 0. The van der Waals surface area contributed by atoms with E-state index in [0.29, 0.717) is 0 Å². The Kier molecular flexibility index (Phi) is 4.74. The third-order valence-corrected chi connectivity index (χ3v) is 5.55. The van der Waals surface area contributed by atoms with Crippen LogP contribution in [0.15, 0.2) is 114 Å². The molecule has 0 aliphatic rings. The fourth-order valence-corrected chi connectivity index (χ4v) is 4.05. The molecule has 0 saturated carbocycles. The standard InChI is InChI=1S/C28H22N2/c1-21-24-16-8-9-17-25(24)26-18-10-11-19-27(26)28(21)20-29-30(22-12-4-2-5-13-22)23-14-6-3-7-15-23/h2-20H,1H3. The number of benzene rings is 5. The van der Waals surface area contributed by atoms with Crippen LogP contribution in [0.2, 0.25) is 0 Å². The Morgan fingerprint density at radius 1 is 0.533 bits per heavy atom. The van der Waals surface area contributed by atoms with Crippen LogP contribution in [0.1, 0.15) is 11.1 Å². The molecule has 0 radical (unpaired) electrons. The number of fused-ring (bicyclic) bond motifs is 3. The number of para-hydroxylation sites is 2. The minimum atomic E-state index is 1.03. The highest BCUT2D eigenvalue weighted by Gasteiger charge is 2.11. The average Bonchev–Trinajstić information content (AvgIpc) is 2.82. The quantitative estimate of drug-likeness (QED) is 0.178. The lowest BCUT2D eigenvalue weighted by molar-refractivity contribution is 1.09. The van der Waals surface area contributed by atoms with Crippen molar-refractivity contribution in [1.29, 1.82) is 0 Å². The molecule has 0 aliphatic carbocycles. The molecule has 0 heterocycles. The first kappa shape index (κ1) is 18.1. The lowest BCUT2D eigenvalue weighted by Gasteiger charge is -2.20. The largest absolute Gasteiger partial charge is 0.234 e. The zero-order chi connectivity index (χ0) is 20.3. The van der Waals surface area contributed by atoms with Gasteiger partial charge in [0.1, 0.15) is 0 Å². The van der Waals surface area contributed by atoms with Crippen molar-refractivity contribution in [3.63, 3.8) is 0 Å². The molecule has 0 N–H and O–H groups in total. The number of hydrazone groups is 1. The van der Waals surface area contributed by atoms with E-state index in [9.17, 15) is 0 Å². The number of anilines is 2. The van der Waals surface area contributed by atoms with Crippen LogP contribution in [-0.4, -0.2) is 6.21 Å². The van der Waals surface area contributed by atoms with Crippen LogP contribution >= 0.6 is 0 Å². The van der Waals surface area contributed by atoms with E-state index in [0.717, 1.165) is 16.9 Å². The molecule has 30 heavy (non-hydrogen) atoms. The highest BCUT2D eigenvalue weighted by Crippen LogP contribution is 2.32. The molecule has 0 unspecified atom stereocenters. The maximum Gasteiger partial charge on any atom is 0.0652 e. The van der Waals surface area contributed by atoms with Gasteiger partial charge in [0.05, 0.1) is 17.6 Å². The second kappa shape index (κ2) is 7.84. The van der Waals surface area contributed by atoms with Gasteiger partial charge in [0, 0.05) is 5.56 Å². The Bertz CT molecular complexity index is 1300. The molecule has 5 aromatic rings. The number of rotatable bonds is 4. The second-order valence-corrected chi connectivity index (χ2v) is 7.36. The maximum atomic E-state index is 4.96. The Hall–Kier alpha value is -3.91. The smallest absolute Gasteiger partial charge is 0.0652 e. The van der Waals surface area contributed by atoms with Crippen molar-refractivity contribution in [2.24, 2.45) is 5.10 Å². The van der Waals surface area contributed by atoms with Gasteiger partial charge in [-0.25, -0.2) is 5.01 Å². The van der Waals surface area contributed by atoms with Crippen molar-refractivity contribution in [3.8, 4) is 0 Å². The van der Waals surface area contributed by atoms with E-state index in [1.807, 2.05) is 47.6 Å².